The van der Waals surface area contributed by atoms with Crippen molar-refractivity contribution in [3.63, 3.8) is 0 Å². The molecule has 0 spiro atoms. The van der Waals surface area contributed by atoms with Crippen LogP contribution in [0.1, 0.15) is 90.2 Å². The van der Waals surface area contributed by atoms with Gasteiger partial charge in [0.15, 0.2) is 0 Å². The van der Waals surface area contributed by atoms with Crippen LogP contribution in [0.2, 0.25) is 0 Å². The highest BCUT2D eigenvalue weighted by Gasteiger charge is 2.46. The number of amides is 2. The Morgan fingerprint density at radius 2 is 1.68 bits per heavy atom. The third-order valence-corrected chi connectivity index (χ3v) is 9.36. The van der Waals surface area contributed by atoms with E-state index in [-0.39, 0.29) is 36.4 Å². The first-order chi connectivity index (χ1) is 21.1. The quantitative estimate of drug-likeness (QED) is 0.211. The molecule has 2 unspecified atom stereocenters. The molecule has 10 nitrogen and oxygen atoms in total. The van der Waals surface area contributed by atoms with Crippen molar-refractivity contribution < 1.29 is 38.1 Å². The smallest absolute Gasteiger partial charge is 0.312 e. The highest BCUT2D eigenvalue weighted by Crippen LogP contribution is 2.44. The molecule has 3 atom stereocenters. The van der Waals surface area contributed by atoms with Gasteiger partial charge in [-0.05, 0) is 64.4 Å². The number of nitrogens with one attached hydrogen (secondary N) is 1. The van der Waals surface area contributed by atoms with E-state index >= 15 is 0 Å². The van der Waals surface area contributed by atoms with Crippen LogP contribution in [0.15, 0.2) is 30.3 Å². The molecule has 0 aromatic heterocycles. The average Bonchev–Trinajstić information content (AvgIpc) is 3.51. The highest BCUT2D eigenvalue weighted by atomic mass is 16.6. The largest absolute Gasteiger partial charge is 0.466 e. The van der Waals surface area contributed by atoms with Gasteiger partial charge in [-0.3, -0.25) is 19.2 Å². The van der Waals surface area contributed by atoms with Crippen molar-refractivity contribution in [2.45, 2.75) is 96.7 Å². The van der Waals surface area contributed by atoms with Crippen molar-refractivity contribution in [1.82, 2.24) is 10.2 Å². The number of hydrogen-bond donors (Lipinski definition) is 1. The fourth-order valence-electron chi connectivity index (χ4n) is 6.50. The Morgan fingerprint density at radius 1 is 1.02 bits per heavy atom. The summed E-state index contributed by atoms with van der Waals surface area (Å²) in [5.41, 5.74) is 0.0725. The van der Waals surface area contributed by atoms with Gasteiger partial charge in [-0.2, -0.15) is 0 Å². The minimum absolute atomic E-state index is 0.0144. The van der Waals surface area contributed by atoms with Crippen LogP contribution in [0.3, 0.4) is 0 Å². The number of rotatable bonds is 16. The van der Waals surface area contributed by atoms with Gasteiger partial charge < -0.3 is 29.2 Å². The monoisotopic (exact) mass is 616 g/mol. The van der Waals surface area contributed by atoms with Crippen molar-refractivity contribution >= 4 is 23.8 Å². The SMILES string of the molecule is CCOC(=O)C1CCC(NC(=O)C2(C[C@@H](COCCOC)C(=O)OC(c3ccccc3)C(C)N(C)C(C)=O)CCCC2)CC1. The fraction of sp³-hybridized carbons (Fsp3) is 0.706. The zero-order valence-electron chi connectivity index (χ0n) is 27.2. The summed E-state index contributed by atoms with van der Waals surface area (Å²) >= 11 is 0. The minimum atomic E-state index is -0.712. The van der Waals surface area contributed by atoms with Gasteiger partial charge in [-0.1, -0.05) is 43.2 Å². The second-order valence-corrected chi connectivity index (χ2v) is 12.4. The second-order valence-electron chi connectivity index (χ2n) is 12.4. The molecule has 0 bridgehead atoms. The Balaban J connectivity index is 1.77. The Kier molecular flexibility index (Phi) is 14.1. The summed E-state index contributed by atoms with van der Waals surface area (Å²) in [7, 11) is 3.28. The van der Waals surface area contributed by atoms with Crippen LogP contribution in [0.4, 0.5) is 0 Å². The number of ether oxygens (including phenoxy) is 4. The predicted molar refractivity (Wildman–Crippen MR) is 165 cm³/mol. The van der Waals surface area contributed by atoms with E-state index in [9.17, 15) is 19.2 Å². The third kappa shape index (κ3) is 9.76. The number of likely N-dealkylation sites (N-methyl/N-ethyl adjacent to an activating group) is 1. The van der Waals surface area contributed by atoms with Crippen LogP contribution in [-0.2, 0) is 38.1 Å². The maximum absolute atomic E-state index is 14.0. The van der Waals surface area contributed by atoms with E-state index < -0.39 is 29.4 Å². The molecule has 0 radical (unpaired) electrons. The number of esters is 2. The summed E-state index contributed by atoms with van der Waals surface area (Å²) < 4.78 is 22.4. The van der Waals surface area contributed by atoms with E-state index in [1.165, 1.54) is 6.92 Å². The van der Waals surface area contributed by atoms with E-state index in [0.29, 0.717) is 51.9 Å². The van der Waals surface area contributed by atoms with Crippen LogP contribution in [0, 0.1) is 17.3 Å². The standard InChI is InChI=1S/C34H52N2O8/c1-6-43-31(38)27-14-16-29(17-15-27)35-33(40)34(18-10-11-19-34)22-28(23-42-21-20-41-5)32(39)44-30(24(2)36(4)25(3)37)26-12-8-7-9-13-26/h7-9,12-13,24,27-30H,6,10-11,14-23H2,1-5H3,(H,35,40)/t24?,27?,28-,29?,30?/m0/s1. The molecule has 1 aromatic carbocycles. The number of carbonyl (C=O) groups excluding carboxylic acids is 4. The number of nitrogens with zero attached hydrogens (tertiary/aromatic N) is 1. The summed E-state index contributed by atoms with van der Waals surface area (Å²) in [6.07, 6.45) is 5.61. The number of benzene rings is 1. The zero-order valence-corrected chi connectivity index (χ0v) is 27.2. The summed E-state index contributed by atoms with van der Waals surface area (Å²) in [6.45, 7) is 6.32. The van der Waals surface area contributed by atoms with Crippen molar-refractivity contribution in [2.24, 2.45) is 17.3 Å². The fourth-order valence-corrected chi connectivity index (χ4v) is 6.50. The topological polar surface area (TPSA) is 120 Å². The molecule has 0 aliphatic heterocycles. The number of methoxy groups -OCH3 is 1. The maximum Gasteiger partial charge on any atom is 0.312 e. The minimum Gasteiger partial charge on any atom is -0.466 e. The van der Waals surface area contributed by atoms with E-state index in [0.717, 1.165) is 31.2 Å². The van der Waals surface area contributed by atoms with Crippen molar-refractivity contribution in [2.75, 3.05) is 40.6 Å². The van der Waals surface area contributed by atoms with Crippen LogP contribution in [-0.4, -0.2) is 81.3 Å². The molecule has 0 saturated heterocycles. The first-order valence-electron chi connectivity index (χ1n) is 16.1. The Bertz CT molecular complexity index is 1070. The molecule has 2 aliphatic carbocycles. The van der Waals surface area contributed by atoms with Gasteiger partial charge in [-0.25, -0.2) is 0 Å². The van der Waals surface area contributed by atoms with Gasteiger partial charge in [0.05, 0.1) is 49.7 Å². The normalized spacial score (nSPS) is 21.5. The van der Waals surface area contributed by atoms with Crippen molar-refractivity contribution in [3.8, 4) is 0 Å². The molecule has 1 aromatic rings. The molecule has 2 fully saturated rings. The lowest BCUT2D eigenvalue weighted by atomic mass is 9.76. The van der Waals surface area contributed by atoms with Crippen LogP contribution in [0.5, 0.6) is 0 Å². The van der Waals surface area contributed by atoms with Gasteiger partial charge >= 0.3 is 11.9 Å². The zero-order chi connectivity index (χ0) is 32.1. The van der Waals surface area contributed by atoms with Crippen molar-refractivity contribution in [3.05, 3.63) is 35.9 Å². The predicted octanol–water partition coefficient (Wildman–Crippen LogP) is 4.61. The Hall–Kier alpha value is -2.98. The molecule has 246 valence electrons. The van der Waals surface area contributed by atoms with Gasteiger partial charge in [0, 0.05) is 27.1 Å². The highest BCUT2D eigenvalue weighted by molar-refractivity contribution is 5.84. The van der Waals surface area contributed by atoms with Crippen molar-refractivity contribution in [1.29, 1.82) is 0 Å². The van der Waals surface area contributed by atoms with Crippen LogP contribution in [0.25, 0.3) is 0 Å². The lowest BCUT2D eigenvalue weighted by Crippen LogP contribution is -2.48. The van der Waals surface area contributed by atoms with Gasteiger partial charge in [0.25, 0.3) is 0 Å². The molecular formula is C34H52N2O8. The molecule has 44 heavy (non-hydrogen) atoms. The molecule has 10 heteroatoms. The lowest BCUT2D eigenvalue weighted by molar-refractivity contribution is -0.164. The first kappa shape index (κ1) is 35.5. The molecule has 2 aliphatic rings. The van der Waals surface area contributed by atoms with Gasteiger partial charge in [0.1, 0.15) is 6.10 Å². The Labute approximate surface area is 262 Å². The van der Waals surface area contributed by atoms with Gasteiger partial charge in [-0.15, -0.1) is 0 Å². The van der Waals surface area contributed by atoms with E-state index in [2.05, 4.69) is 5.32 Å². The van der Waals surface area contributed by atoms with Crippen LogP contribution < -0.4 is 5.32 Å². The molecule has 2 saturated carbocycles. The maximum atomic E-state index is 14.0. The van der Waals surface area contributed by atoms with E-state index in [1.807, 2.05) is 44.2 Å². The van der Waals surface area contributed by atoms with Crippen LogP contribution >= 0.6 is 0 Å². The molecule has 0 heterocycles. The number of carbonyl (C=O) groups is 4. The molecular weight excluding hydrogens is 564 g/mol. The molecule has 2 amide bonds. The summed E-state index contributed by atoms with van der Waals surface area (Å²) in [5, 5.41) is 3.28. The van der Waals surface area contributed by atoms with E-state index in [4.69, 9.17) is 18.9 Å². The van der Waals surface area contributed by atoms with E-state index in [1.54, 1.807) is 19.1 Å². The lowest BCUT2D eigenvalue weighted by Gasteiger charge is -2.36. The van der Waals surface area contributed by atoms with Gasteiger partial charge in [0.2, 0.25) is 11.8 Å². The number of hydrogen-bond acceptors (Lipinski definition) is 8. The summed E-state index contributed by atoms with van der Waals surface area (Å²) in [5.74, 6) is -1.57. The molecule has 3 rings (SSSR count). The second kappa shape index (κ2) is 17.5. The molecule has 1 N–H and O–H groups in total. The first-order valence-corrected chi connectivity index (χ1v) is 16.1. The summed E-state index contributed by atoms with van der Waals surface area (Å²) in [4.78, 5) is 53.9. The summed E-state index contributed by atoms with van der Waals surface area (Å²) in [6, 6.07) is 8.98. The average molecular weight is 617 g/mol. The third-order valence-electron chi connectivity index (χ3n) is 9.36. The Morgan fingerprint density at radius 3 is 2.27 bits per heavy atom.